The van der Waals surface area contributed by atoms with Gasteiger partial charge in [0.15, 0.2) is 0 Å². The van der Waals surface area contributed by atoms with Crippen LogP contribution in [0.1, 0.15) is 40.0 Å². The van der Waals surface area contributed by atoms with Gasteiger partial charge in [0.05, 0.1) is 16.6 Å². The Morgan fingerprint density at radius 3 is 2.82 bits per heavy atom. The number of rotatable bonds is 3. The van der Waals surface area contributed by atoms with E-state index in [0.29, 0.717) is 17.3 Å². The molecule has 1 aliphatic heterocycles. The number of pyridine rings is 1. The van der Waals surface area contributed by atoms with E-state index in [9.17, 15) is 9.00 Å². The van der Waals surface area contributed by atoms with E-state index in [-0.39, 0.29) is 12.1 Å². The molecule has 5 nitrogen and oxygen atoms in total. The third kappa shape index (κ3) is 4.80. The summed E-state index contributed by atoms with van der Waals surface area (Å²) in [5, 5.41) is 0.567. The fourth-order valence-electron chi connectivity index (χ4n) is 2.48. The zero-order valence-corrected chi connectivity index (χ0v) is 14.3. The molecule has 0 bridgehead atoms. The van der Waals surface area contributed by atoms with Crippen LogP contribution in [0, 0.1) is 0 Å². The number of ether oxygens (including phenoxy) is 1. The van der Waals surface area contributed by atoms with Gasteiger partial charge in [-0.3, -0.25) is 4.21 Å². The highest BCUT2D eigenvalue weighted by atomic mass is 32.2. The average Bonchev–Trinajstić information content (AvgIpc) is 2.47. The van der Waals surface area contributed by atoms with Crippen molar-refractivity contribution in [1.82, 2.24) is 9.88 Å². The van der Waals surface area contributed by atoms with Gasteiger partial charge >= 0.3 is 6.09 Å². The molecule has 2 heterocycles. The first-order valence-corrected chi connectivity index (χ1v) is 8.98. The highest BCUT2D eigenvalue weighted by Crippen LogP contribution is 2.22. The zero-order chi connectivity index (χ0) is 16.2. The van der Waals surface area contributed by atoms with Crippen molar-refractivity contribution in [2.45, 2.75) is 56.7 Å². The molecule has 0 aromatic carbocycles. The molecule has 0 N–H and O–H groups in total. The number of carbonyl (C=O) groups excluding carboxylic acids is 1. The first-order valence-electron chi connectivity index (χ1n) is 7.66. The second-order valence-corrected chi connectivity index (χ2v) is 7.95. The quantitative estimate of drug-likeness (QED) is 0.857. The fourth-order valence-corrected chi connectivity index (χ4v) is 3.75. The normalized spacial score (nSPS) is 20.5. The van der Waals surface area contributed by atoms with E-state index in [1.807, 2.05) is 26.8 Å². The molecular formula is C16H24N2O3S. The number of amides is 1. The largest absolute Gasteiger partial charge is 0.444 e. The summed E-state index contributed by atoms with van der Waals surface area (Å²) in [5.41, 5.74) is -0.515. The number of hydrogen-bond donors (Lipinski definition) is 0. The molecule has 2 rings (SSSR count). The Balaban J connectivity index is 2.04. The van der Waals surface area contributed by atoms with Crippen LogP contribution in [0.4, 0.5) is 4.79 Å². The van der Waals surface area contributed by atoms with Crippen molar-refractivity contribution in [3.8, 4) is 0 Å². The topological polar surface area (TPSA) is 59.5 Å². The lowest BCUT2D eigenvalue weighted by molar-refractivity contribution is 0.0125. The summed E-state index contributed by atoms with van der Waals surface area (Å²) in [4.78, 5) is 18.2. The monoisotopic (exact) mass is 324 g/mol. The maximum Gasteiger partial charge on any atom is 0.410 e. The summed E-state index contributed by atoms with van der Waals surface area (Å²) in [6.45, 7) is 6.24. The van der Waals surface area contributed by atoms with Crippen molar-refractivity contribution < 1.29 is 13.7 Å². The lowest BCUT2D eigenvalue weighted by atomic mass is 10.0. The van der Waals surface area contributed by atoms with Gasteiger partial charge in [-0.15, -0.1) is 0 Å². The smallest absolute Gasteiger partial charge is 0.410 e. The Bertz CT molecular complexity index is 528. The van der Waals surface area contributed by atoms with Gasteiger partial charge in [0, 0.05) is 18.8 Å². The number of aromatic nitrogens is 1. The first-order chi connectivity index (χ1) is 10.4. The third-order valence-corrected chi connectivity index (χ3v) is 4.87. The molecule has 2 atom stereocenters. The van der Waals surface area contributed by atoms with Crippen molar-refractivity contribution in [2.75, 3.05) is 12.3 Å². The van der Waals surface area contributed by atoms with Crippen molar-refractivity contribution >= 4 is 16.9 Å². The highest BCUT2D eigenvalue weighted by molar-refractivity contribution is 7.85. The van der Waals surface area contributed by atoms with E-state index in [0.717, 1.165) is 19.3 Å². The molecule has 1 aliphatic rings. The van der Waals surface area contributed by atoms with E-state index in [1.54, 1.807) is 23.2 Å². The van der Waals surface area contributed by atoms with Crippen LogP contribution in [0.5, 0.6) is 0 Å². The van der Waals surface area contributed by atoms with Crippen LogP contribution in [-0.4, -0.2) is 44.1 Å². The molecule has 122 valence electrons. The summed E-state index contributed by atoms with van der Waals surface area (Å²) < 4.78 is 17.9. The summed E-state index contributed by atoms with van der Waals surface area (Å²) in [5.74, 6) is 0.413. The molecule has 1 saturated heterocycles. The van der Waals surface area contributed by atoms with Crippen molar-refractivity contribution in [1.29, 1.82) is 0 Å². The molecular weight excluding hydrogens is 300 g/mol. The van der Waals surface area contributed by atoms with Gasteiger partial charge in [0.2, 0.25) is 0 Å². The maximum absolute atomic E-state index is 12.4. The maximum atomic E-state index is 12.4. The van der Waals surface area contributed by atoms with Gasteiger partial charge in [0.25, 0.3) is 0 Å². The summed E-state index contributed by atoms with van der Waals surface area (Å²) in [7, 11) is -1.20. The molecule has 0 aliphatic carbocycles. The second kappa shape index (κ2) is 7.22. The average molecular weight is 324 g/mol. The number of likely N-dealkylation sites (tertiary alicyclic amines) is 1. The molecule has 22 heavy (non-hydrogen) atoms. The molecule has 0 spiro atoms. The van der Waals surface area contributed by atoms with E-state index in [1.165, 1.54) is 0 Å². The van der Waals surface area contributed by atoms with Gasteiger partial charge < -0.3 is 9.64 Å². The minimum absolute atomic E-state index is 0.0496. The molecule has 1 amide bonds. The number of piperidine rings is 1. The number of carbonyl (C=O) groups is 1. The fraction of sp³-hybridized carbons (Fsp3) is 0.625. The Hall–Kier alpha value is -1.43. The first kappa shape index (κ1) is 16.9. The number of hydrogen-bond acceptors (Lipinski definition) is 4. The summed E-state index contributed by atoms with van der Waals surface area (Å²) >= 11 is 0. The molecule has 1 aromatic heterocycles. The van der Waals surface area contributed by atoms with Crippen LogP contribution in [0.15, 0.2) is 29.4 Å². The van der Waals surface area contributed by atoms with Crippen LogP contribution in [-0.2, 0) is 15.5 Å². The Morgan fingerprint density at radius 1 is 1.41 bits per heavy atom. The minimum atomic E-state index is -1.20. The van der Waals surface area contributed by atoms with Crippen LogP contribution in [0.2, 0.25) is 0 Å². The highest BCUT2D eigenvalue weighted by Gasteiger charge is 2.31. The molecule has 6 heteroatoms. The van der Waals surface area contributed by atoms with Crippen molar-refractivity contribution in [3.63, 3.8) is 0 Å². The minimum Gasteiger partial charge on any atom is -0.444 e. The molecule has 0 radical (unpaired) electrons. The van der Waals surface area contributed by atoms with Crippen LogP contribution in [0.25, 0.3) is 0 Å². The van der Waals surface area contributed by atoms with Gasteiger partial charge in [-0.2, -0.15) is 0 Å². The SMILES string of the molecule is CC(C)(C)OC(=O)N1CCCC[C@H]1C[S@@](=O)c1ccccn1. The van der Waals surface area contributed by atoms with E-state index < -0.39 is 16.4 Å². The van der Waals surface area contributed by atoms with Crippen LogP contribution < -0.4 is 0 Å². The Labute approximate surface area is 134 Å². The van der Waals surface area contributed by atoms with E-state index >= 15 is 0 Å². The molecule has 1 aromatic rings. The van der Waals surface area contributed by atoms with Crippen molar-refractivity contribution in [2.24, 2.45) is 0 Å². The number of nitrogens with zero attached hydrogens (tertiary/aromatic N) is 2. The Morgan fingerprint density at radius 2 is 2.18 bits per heavy atom. The zero-order valence-electron chi connectivity index (χ0n) is 13.4. The van der Waals surface area contributed by atoms with Gasteiger partial charge in [-0.1, -0.05) is 6.07 Å². The molecule has 0 saturated carbocycles. The third-order valence-electron chi connectivity index (χ3n) is 3.47. The van der Waals surface area contributed by atoms with Gasteiger partial charge in [0.1, 0.15) is 10.6 Å². The standard InChI is InChI=1S/C16H24N2O3S/c1-16(2,3)21-15(19)18-11-7-5-8-13(18)12-22(20)14-9-4-6-10-17-14/h4,6,9-10,13H,5,7-8,11-12H2,1-3H3/t13-,22+/m0/s1. The van der Waals surface area contributed by atoms with Crippen LogP contribution in [0.3, 0.4) is 0 Å². The summed E-state index contributed by atoms with van der Waals surface area (Å²) in [6.07, 6.45) is 4.20. The lowest BCUT2D eigenvalue weighted by Gasteiger charge is -2.36. The van der Waals surface area contributed by atoms with Gasteiger partial charge in [-0.25, -0.2) is 9.78 Å². The van der Waals surface area contributed by atoms with E-state index in [4.69, 9.17) is 4.74 Å². The Kier molecular flexibility index (Phi) is 5.56. The second-order valence-electron chi connectivity index (χ2n) is 6.50. The predicted molar refractivity (Wildman–Crippen MR) is 86.1 cm³/mol. The van der Waals surface area contributed by atoms with E-state index in [2.05, 4.69) is 4.98 Å². The predicted octanol–water partition coefficient (Wildman–Crippen LogP) is 2.98. The van der Waals surface area contributed by atoms with Crippen molar-refractivity contribution in [3.05, 3.63) is 24.4 Å². The molecule has 1 fully saturated rings. The summed E-state index contributed by atoms with van der Waals surface area (Å²) in [6, 6.07) is 5.34. The van der Waals surface area contributed by atoms with Gasteiger partial charge in [-0.05, 0) is 52.2 Å². The molecule has 0 unspecified atom stereocenters. The lowest BCUT2D eigenvalue weighted by Crippen LogP contribution is -2.48. The van der Waals surface area contributed by atoms with Crippen LogP contribution >= 0.6 is 0 Å².